The standard InChI is InChI=1S/C39H62N8O5S/c1-19(2)15-27-35(49)45-31(21(5)6)38(52)47-33(23(9)10)44-32(22(7)8)39-43-29(18-53-39)36(50)46-30(20(3)4)37(51)42-28(34(48)41-27)16-24-17-40-26-14-12-11-13-25(24)26/h11-14,17,19-23,27-33,39-40,43-44H,15-16,18H2,1-10H3,(H,41,48)(H,42,51)(H,45,49)(H,46,50)(H,47,52). The molecule has 0 aliphatic carbocycles. The Hall–Kier alpha value is -3.62. The van der Waals surface area contributed by atoms with Crippen LogP contribution in [0.4, 0.5) is 0 Å². The average molecular weight is 755 g/mol. The second-order valence-electron chi connectivity index (χ2n) is 16.4. The zero-order valence-electron chi connectivity index (χ0n) is 33.0. The number of hydrogen-bond donors (Lipinski definition) is 8. The maximum atomic E-state index is 14.3. The van der Waals surface area contributed by atoms with E-state index in [1.807, 2.05) is 85.9 Å². The molecule has 2 aliphatic rings. The van der Waals surface area contributed by atoms with Gasteiger partial charge in [-0.25, -0.2) is 0 Å². The van der Waals surface area contributed by atoms with Gasteiger partial charge in [-0.15, -0.1) is 11.8 Å². The first-order valence-electron chi connectivity index (χ1n) is 19.2. The molecule has 14 heteroatoms. The van der Waals surface area contributed by atoms with Gasteiger partial charge < -0.3 is 31.6 Å². The number of carbonyl (C=O) groups is 5. The van der Waals surface area contributed by atoms with Gasteiger partial charge in [-0.2, -0.15) is 0 Å². The Labute approximate surface area is 318 Å². The van der Waals surface area contributed by atoms with Crippen LogP contribution in [-0.2, 0) is 30.4 Å². The molecule has 3 heterocycles. The molecule has 1 aromatic carbocycles. The molecular formula is C39H62N8O5S. The third-order valence-corrected chi connectivity index (χ3v) is 11.4. The van der Waals surface area contributed by atoms with Crippen LogP contribution in [0.15, 0.2) is 30.5 Å². The molecule has 13 nitrogen and oxygen atoms in total. The summed E-state index contributed by atoms with van der Waals surface area (Å²) in [4.78, 5) is 73.3. The monoisotopic (exact) mass is 754 g/mol. The van der Waals surface area contributed by atoms with Gasteiger partial charge in [0.1, 0.15) is 24.2 Å². The van der Waals surface area contributed by atoms with Crippen molar-refractivity contribution < 1.29 is 24.0 Å². The van der Waals surface area contributed by atoms with E-state index in [9.17, 15) is 24.0 Å². The molecule has 5 amide bonds. The first-order chi connectivity index (χ1) is 25.0. The van der Waals surface area contributed by atoms with Crippen LogP contribution in [0.1, 0.15) is 81.2 Å². The lowest BCUT2D eigenvalue weighted by molar-refractivity contribution is -0.135. The summed E-state index contributed by atoms with van der Waals surface area (Å²) in [5.74, 6) is -2.03. The van der Waals surface area contributed by atoms with Crippen LogP contribution in [0, 0.1) is 29.6 Å². The lowest BCUT2D eigenvalue weighted by Gasteiger charge is -2.36. The van der Waals surface area contributed by atoms with Gasteiger partial charge >= 0.3 is 0 Å². The number of fused-ring (bicyclic) bond motifs is 3. The van der Waals surface area contributed by atoms with Crippen LogP contribution >= 0.6 is 11.8 Å². The highest BCUT2D eigenvalue weighted by molar-refractivity contribution is 8.00. The van der Waals surface area contributed by atoms with Gasteiger partial charge in [0.25, 0.3) is 0 Å². The second kappa shape index (κ2) is 18.6. The van der Waals surface area contributed by atoms with Crippen LogP contribution in [0.25, 0.3) is 10.9 Å². The number of thioether (sulfide) groups is 1. The summed E-state index contributed by atoms with van der Waals surface area (Å²) in [5, 5.41) is 22.8. The number of carbonyl (C=O) groups excluding carboxylic acids is 5. The van der Waals surface area contributed by atoms with Gasteiger partial charge in [-0.05, 0) is 47.6 Å². The molecule has 2 aliphatic heterocycles. The van der Waals surface area contributed by atoms with Gasteiger partial charge in [0.2, 0.25) is 29.5 Å². The van der Waals surface area contributed by atoms with E-state index in [1.54, 1.807) is 11.8 Å². The number of aromatic nitrogens is 1. The fraction of sp³-hybridized carbons (Fsp3) is 0.667. The van der Waals surface area contributed by atoms with Crippen molar-refractivity contribution in [2.75, 3.05) is 5.75 Å². The molecule has 4 rings (SSSR count). The van der Waals surface area contributed by atoms with Crippen LogP contribution < -0.4 is 37.2 Å². The Bertz CT molecular complexity index is 1590. The van der Waals surface area contributed by atoms with Crippen molar-refractivity contribution >= 4 is 52.2 Å². The number of rotatable bonds is 8. The average Bonchev–Trinajstić information content (AvgIpc) is 3.73. The number of aromatic amines is 1. The first kappa shape index (κ1) is 42.1. The number of benzene rings is 1. The van der Waals surface area contributed by atoms with Crippen molar-refractivity contribution in [1.29, 1.82) is 0 Å². The van der Waals surface area contributed by atoms with Crippen molar-refractivity contribution in [2.45, 2.75) is 130 Å². The van der Waals surface area contributed by atoms with Crippen LogP contribution in [-0.4, -0.2) is 88.1 Å². The number of para-hydroxylation sites is 1. The summed E-state index contributed by atoms with van der Waals surface area (Å²) < 4.78 is 0. The summed E-state index contributed by atoms with van der Waals surface area (Å²) in [5.41, 5.74) is 1.70. The molecule has 1 aromatic heterocycles. The van der Waals surface area contributed by atoms with E-state index in [-0.39, 0.29) is 59.2 Å². The summed E-state index contributed by atoms with van der Waals surface area (Å²) in [6, 6.07) is 3.17. The summed E-state index contributed by atoms with van der Waals surface area (Å²) >= 11 is 1.62. The summed E-state index contributed by atoms with van der Waals surface area (Å²) in [6.07, 6.45) is 1.83. The maximum Gasteiger partial charge on any atom is 0.244 e. The van der Waals surface area contributed by atoms with E-state index in [4.69, 9.17) is 0 Å². The topological polar surface area (TPSA) is 185 Å². The molecule has 2 fully saturated rings. The number of H-pyrrole nitrogens is 1. The van der Waals surface area contributed by atoms with Crippen molar-refractivity contribution in [3.8, 4) is 0 Å². The van der Waals surface area contributed by atoms with E-state index in [0.29, 0.717) is 12.2 Å². The third-order valence-electron chi connectivity index (χ3n) is 10.1. The Morgan fingerprint density at radius 3 is 1.83 bits per heavy atom. The molecule has 0 saturated carbocycles. The molecule has 8 atom stereocenters. The zero-order valence-corrected chi connectivity index (χ0v) is 33.8. The third kappa shape index (κ3) is 11.0. The van der Waals surface area contributed by atoms with Crippen LogP contribution in [0.3, 0.4) is 0 Å². The summed E-state index contributed by atoms with van der Waals surface area (Å²) in [6.45, 7) is 19.6. The highest BCUT2D eigenvalue weighted by Gasteiger charge is 2.40. The van der Waals surface area contributed by atoms with Gasteiger partial charge in [-0.1, -0.05) is 87.4 Å². The van der Waals surface area contributed by atoms with Crippen LogP contribution in [0.2, 0.25) is 0 Å². The van der Waals surface area contributed by atoms with Gasteiger partial charge in [0, 0.05) is 35.3 Å². The van der Waals surface area contributed by atoms with Crippen molar-refractivity contribution in [2.24, 2.45) is 29.6 Å². The molecule has 8 N–H and O–H groups in total. The van der Waals surface area contributed by atoms with Crippen molar-refractivity contribution in [3.63, 3.8) is 0 Å². The molecule has 53 heavy (non-hydrogen) atoms. The minimum atomic E-state index is -1.08. The molecule has 294 valence electrons. The Morgan fingerprint density at radius 1 is 0.642 bits per heavy atom. The highest BCUT2D eigenvalue weighted by Crippen LogP contribution is 2.27. The Morgan fingerprint density at radius 2 is 1.23 bits per heavy atom. The molecule has 0 radical (unpaired) electrons. The fourth-order valence-electron chi connectivity index (χ4n) is 6.88. The van der Waals surface area contributed by atoms with E-state index < -0.39 is 54.1 Å². The molecule has 2 bridgehead atoms. The Kier molecular flexibility index (Phi) is 14.8. The van der Waals surface area contributed by atoms with E-state index >= 15 is 0 Å². The van der Waals surface area contributed by atoms with Crippen molar-refractivity contribution in [3.05, 3.63) is 36.0 Å². The molecule has 8 unspecified atom stereocenters. The quantitative estimate of drug-likeness (QED) is 0.202. The smallest absolute Gasteiger partial charge is 0.244 e. The van der Waals surface area contributed by atoms with Crippen LogP contribution in [0.5, 0.6) is 0 Å². The predicted molar refractivity (Wildman–Crippen MR) is 211 cm³/mol. The largest absolute Gasteiger partial charge is 0.361 e. The minimum absolute atomic E-state index is 0.000517. The number of nitrogens with one attached hydrogen (secondary N) is 8. The molecular weight excluding hydrogens is 693 g/mol. The second-order valence-corrected chi connectivity index (χ2v) is 17.6. The predicted octanol–water partition coefficient (Wildman–Crippen LogP) is 2.76. The zero-order chi connectivity index (χ0) is 39.1. The number of hydrogen-bond acceptors (Lipinski definition) is 8. The lowest BCUT2D eigenvalue weighted by Crippen LogP contribution is -2.64. The highest BCUT2D eigenvalue weighted by atomic mass is 32.2. The van der Waals surface area contributed by atoms with Gasteiger partial charge in [0.15, 0.2) is 0 Å². The maximum absolute atomic E-state index is 14.3. The normalized spacial score (nSPS) is 28.7. The molecule has 0 spiro atoms. The van der Waals surface area contributed by atoms with Gasteiger partial charge in [0.05, 0.1) is 17.6 Å². The lowest BCUT2D eigenvalue weighted by atomic mass is 9.97. The van der Waals surface area contributed by atoms with E-state index in [0.717, 1.165) is 16.5 Å². The SMILES string of the molecule is CC(C)CC1NC(=O)C(Cc2c[nH]c3ccccc23)NC(=O)C(C(C)C)NC(=O)C2CSC(N2)C(C(C)C)NC(C(C)C)NC(=O)C(C(C)C)NC1=O. The van der Waals surface area contributed by atoms with Crippen molar-refractivity contribution in [1.82, 2.24) is 42.2 Å². The van der Waals surface area contributed by atoms with Gasteiger partial charge in [-0.3, -0.25) is 34.6 Å². The van der Waals surface area contributed by atoms with E-state index in [2.05, 4.69) is 56.0 Å². The minimum Gasteiger partial charge on any atom is -0.361 e. The fourth-order valence-corrected chi connectivity index (χ4v) is 8.39. The first-order valence-corrected chi connectivity index (χ1v) is 20.2. The molecule has 2 aromatic rings. The Balaban J connectivity index is 1.75. The summed E-state index contributed by atoms with van der Waals surface area (Å²) in [7, 11) is 0. The molecule has 2 saturated heterocycles. The number of amides is 5. The van der Waals surface area contributed by atoms with E-state index in [1.165, 1.54) is 0 Å².